The van der Waals surface area contributed by atoms with E-state index in [-0.39, 0.29) is 5.69 Å². The maximum Gasteiger partial charge on any atom is 0.350 e. The first-order valence-electron chi connectivity index (χ1n) is 8.03. The van der Waals surface area contributed by atoms with Crippen molar-refractivity contribution < 1.29 is 0 Å². The zero-order valence-corrected chi connectivity index (χ0v) is 16.3. The molecule has 130 valence electrons. The summed E-state index contributed by atoms with van der Waals surface area (Å²) in [6.07, 6.45) is 1.68. The van der Waals surface area contributed by atoms with Crippen LogP contribution >= 0.6 is 27.7 Å². The molecular weight excluding hydrogens is 412 g/mol. The van der Waals surface area contributed by atoms with Crippen LogP contribution < -0.4 is 5.69 Å². The lowest BCUT2D eigenvalue weighted by Crippen LogP contribution is -2.19. The second-order valence-corrected chi connectivity index (χ2v) is 7.74. The van der Waals surface area contributed by atoms with Gasteiger partial charge in [-0.3, -0.25) is 4.98 Å². The van der Waals surface area contributed by atoms with Gasteiger partial charge in [-0.15, -0.1) is 0 Å². The first-order chi connectivity index (χ1) is 12.6. The van der Waals surface area contributed by atoms with Crippen molar-refractivity contribution in [2.24, 2.45) is 0 Å². The summed E-state index contributed by atoms with van der Waals surface area (Å²) in [6.45, 7) is 2.08. The summed E-state index contributed by atoms with van der Waals surface area (Å²) in [5, 5.41) is 4.77. The van der Waals surface area contributed by atoms with Gasteiger partial charge < -0.3 is 0 Å². The van der Waals surface area contributed by atoms with Crippen molar-refractivity contribution in [2.75, 3.05) is 0 Å². The van der Waals surface area contributed by atoms with Crippen LogP contribution in [0.1, 0.15) is 11.1 Å². The molecule has 0 bridgehead atoms. The third-order valence-electron chi connectivity index (χ3n) is 4.14. The monoisotopic (exact) mass is 426 g/mol. The highest BCUT2D eigenvalue weighted by Crippen LogP contribution is 2.26. The minimum atomic E-state index is -0.286. The molecule has 0 radical (unpaired) electrons. The number of aryl methyl sites for hydroxylation is 1. The van der Waals surface area contributed by atoms with Crippen LogP contribution in [0.4, 0.5) is 0 Å². The van der Waals surface area contributed by atoms with Crippen molar-refractivity contribution in [1.82, 2.24) is 19.6 Å². The number of thioether (sulfide) groups is 1. The Hall–Kier alpha value is -2.38. The molecule has 0 aliphatic heterocycles. The molecule has 0 atom stereocenters. The summed E-state index contributed by atoms with van der Waals surface area (Å²) < 4.78 is 2.30. The fourth-order valence-corrected chi connectivity index (χ4v) is 3.88. The fraction of sp³-hybridized carbons (Fsp3) is 0.105. The molecule has 7 heteroatoms. The number of hydrogen-bond donors (Lipinski definition) is 1. The summed E-state index contributed by atoms with van der Waals surface area (Å²) in [6, 6.07) is 16.1. The van der Waals surface area contributed by atoms with Crippen molar-refractivity contribution >= 4 is 33.3 Å². The van der Waals surface area contributed by atoms with E-state index in [1.807, 2.05) is 36.4 Å². The van der Waals surface area contributed by atoms with Crippen LogP contribution in [0.5, 0.6) is 0 Å². The number of halogens is 1. The highest BCUT2D eigenvalue weighted by Gasteiger charge is 2.12. The van der Waals surface area contributed by atoms with Gasteiger partial charge in [-0.1, -0.05) is 64.1 Å². The summed E-state index contributed by atoms with van der Waals surface area (Å²) in [5.41, 5.74) is 4.52. The van der Waals surface area contributed by atoms with Crippen molar-refractivity contribution in [3.63, 3.8) is 0 Å². The Kier molecular flexibility index (Phi) is 4.65. The number of nitrogens with one attached hydrogen (secondary N) is 1. The van der Waals surface area contributed by atoms with E-state index >= 15 is 0 Å². The molecule has 0 unspecified atom stereocenters. The summed E-state index contributed by atoms with van der Waals surface area (Å²) in [5.74, 6) is 0.744. The number of aromatic amines is 1. The SMILES string of the molecule is Cc1ccccc1CSc1nc2c(-c3ccc(Br)cc3)cnn2c(=O)[nH]1. The van der Waals surface area contributed by atoms with Gasteiger partial charge in [-0.25, -0.2) is 9.78 Å². The normalized spacial score (nSPS) is 11.2. The number of aromatic nitrogens is 4. The molecule has 2 aromatic carbocycles. The predicted molar refractivity (Wildman–Crippen MR) is 107 cm³/mol. The number of nitrogens with zero attached hydrogens (tertiary/aromatic N) is 3. The maximum atomic E-state index is 12.4. The second-order valence-electron chi connectivity index (χ2n) is 5.86. The Labute approximate surface area is 162 Å². The van der Waals surface area contributed by atoms with Crippen molar-refractivity contribution in [3.05, 3.63) is 80.8 Å². The maximum absolute atomic E-state index is 12.4. The molecule has 0 spiro atoms. The number of hydrogen-bond acceptors (Lipinski definition) is 4. The van der Waals surface area contributed by atoms with E-state index in [9.17, 15) is 4.79 Å². The predicted octanol–water partition coefficient (Wildman–Crippen LogP) is 4.45. The van der Waals surface area contributed by atoms with Crippen LogP contribution in [-0.4, -0.2) is 19.6 Å². The summed E-state index contributed by atoms with van der Waals surface area (Å²) in [4.78, 5) is 19.8. The fourth-order valence-electron chi connectivity index (χ4n) is 2.69. The van der Waals surface area contributed by atoms with Gasteiger partial charge >= 0.3 is 5.69 Å². The van der Waals surface area contributed by atoms with E-state index in [4.69, 9.17) is 0 Å². The van der Waals surface area contributed by atoms with Gasteiger partial charge in [0.05, 0.1) is 6.20 Å². The molecule has 26 heavy (non-hydrogen) atoms. The third kappa shape index (κ3) is 3.32. The number of H-pyrrole nitrogens is 1. The van der Waals surface area contributed by atoms with E-state index in [0.29, 0.717) is 10.8 Å². The van der Waals surface area contributed by atoms with Crippen LogP contribution in [0.15, 0.2) is 69.2 Å². The summed E-state index contributed by atoms with van der Waals surface area (Å²) in [7, 11) is 0. The van der Waals surface area contributed by atoms with Crippen LogP contribution in [0.3, 0.4) is 0 Å². The highest BCUT2D eigenvalue weighted by molar-refractivity contribution is 9.10. The molecule has 2 aromatic heterocycles. The molecule has 5 nitrogen and oxygen atoms in total. The van der Waals surface area contributed by atoms with Crippen LogP contribution in [0, 0.1) is 6.92 Å². The van der Waals surface area contributed by atoms with Crippen LogP contribution in [0.2, 0.25) is 0 Å². The molecule has 0 fully saturated rings. The number of benzene rings is 2. The number of fused-ring (bicyclic) bond motifs is 1. The molecule has 4 rings (SSSR count). The molecule has 4 aromatic rings. The molecule has 0 amide bonds. The Morgan fingerprint density at radius 1 is 1.15 bits per heavy atom. The number of rotatable bonds is 4. The first kappa shape index (κ1) is 17.1. The minimum absolute atomic E-state index is 0.286. The average Bonchev–Trinajstić information content (AvgIpc) is 3.06. The van der Waals surface area contributed by atoms with Gasteiger partial charge in [0.25, 0.3) is 0 Å². The van der Waals surface area contributed by atoms with Gasteiger partial charge in [0.15, 0.2) is 10.8 Å². The minimum Gasteiger partial charge on any atom is -0.285 e. The van der Waals surface area contributed by atoms with E-state index < -0.39 is 0 Å². The van der Waals surface area contributed by atoms with Gasteiger partial charge in [-0.05, 0) is 35.7 Å². The third-order valence-corrected chi connectivity index (χ3v) is 5.59. The van der Waals surface area contributed by atoms with Crippen LogP contribution in [0.25, 0.3) is 16.8 Å². The van der Waals surface area contributed by atoms with E-state index in [1.54, 1.807) is 6.20 Å². The standard InChI is InChI=1S/C19H15BrN4OS/c1-12-4-2-3-5-14(12)11-26-18-22-17-16(10-21-24(17)19(25)23-18)13-6-8-15(20)9-7-13/h2-10H,11H2,1H3,(H,22,23,25). The zero-order valence-electron chi connectivity index (χ0n) is 13.9. The van der Waals surface area contributed by atoms with Gasteiger partial charge in [0.1, 0.15) is 0 Å². The molecule has 0 saturated carbocycles. The van der Waals surface area contributed by atoms with Crippen molar-refractivity contribution in [2.45, 2.75) is 17.8 Å². The highest BCUT2D eigenvalue weighted by atomic mass is 79.9. The van der Waals surface area contributed by atoms with Crippen molar-refractivity contribution in [3.8, 4) is 11.1 Å². The molecule has 0 saturated heterocycles. The summed E-state index contributed by atoms with van der Waals surface area (Å²) >= 11 is 4.95. The molecule has 1 N–H and O–H groups in total. The van der Waals surface area contributed by atoms with Crippen LogP contribution in [-0.2, 0) is 5.75 Å². The van der Waals surface area contributed by atoms with E-state index in [1.165, 1.54) is 27.4 Å². The molecule has 0 aliphatic carbocycles. The van der Waals surface area contributed by atoms with E-state index in [2.05, 4.69) is 50.1 Å². The average molecular weight is 427 g/mol. The molecule has 0 aliphatic rings. The van der Waals surface area contributed by atoms with Gasteiger partial charge in [-0.2, -0.15) is 9.61 Å². The lowest BCUT2D eigenvalue weighted by Gasteiger charge is -2.05. The van der Waals surface area contributed by atoms with Crippen molar-refractivity contribution in [1.29, 1.82) is 0 Å². The lowest BCUT2D eigenvalue weighted by molar-refractivity contribution is 0.786. The Bertz CT molecular complexity index is 1130. The molecular formula is C19H15BrN4OS. The largest absolute Gasteiger partial charge is 0.350 e. The lowest BCUT2D eigenvalue weighted by atomic mass is 10.1. The van der Waals surface area contributed by atoms with Gasteiger partial charge in [0.2, 0.25) is 0 Å². The first-order valence-corrected chi connectivity index (χ1v) is 9.81. The Morgan fingerprint density at radius 3 is 2.69 bits per heavy atom. The molecule has 2 heterocycles. The Balaban J connectivity index is 1.71. The van der Waals surface area contributed by atoms with E-state index in [0.717, 1.165) is 21.4 Å². The second kappa shape index (κ2) is 7.09. The smallest absolute Gasteiger partial charge is 0.285 e. The topological polar surface area (TPSA) is 63.1 Å². The van der Waals surface area contributed by atoms with Gasteiger partial charge in [0, 0.05) is 15.8 Å². The quantitative estimate of drug-likeness (QED) is 0.489. The zero-order chi connectivity index (χ0) is 18.1. The Morgan fingerprint density at radius 2 is 1.92 bits per heavy atom.